The van der Waals surface area contributed by atoms with Crippen LogP contribution in [0.5, 0.6) is 28.7 Å². The van der Waals surface area contributed by atoms with E-state index >= 15 is 0 Å². The standard InChI is InChI=1S/C22H24N4O6/c1-28-13-6-7-19(30-3)15(8-13)17-11-18(25-24-17)22(27)26-23-12-16-20(31-4)9-14(29-2)10-21(16)32-5/h6-12H,1-5H3,(H,24,25)(H,26,27). The number of nitrogens with one attached hydrogen (secondary N) is 2. The van der Waals surface area contributed by atoms with Crippen molar-refractivity contribution in [1.82, 2.24) is 15.6 Å². The molecule has 3 rings (SSSR count). The Hall–Kier alpha value is -4.21. The van der Waals surface area contributed by atoms with Crippen LogP contribution < -0.4 is 29.1 Å². The third-order valence-electron chi connectivity index (χ3n) is 4.62. The van der Waals surface area contributed by atoms with Gasteiger partial charge >= 0.3 is 0 Å². The van der Waals surface area contributed by atoms with Gasteiger partial charge in [0.25, 0.3) is 5.91 Å². The summed E-state index contributed by atoms with van der Waals surface area (Å²) in [7, 11) is 7.70. The van der Waals surface area contributed by atoms with Crippen LogP contribution in [0.2, 0.25) is 0 Å². The number of carbonyl (C=O) groups excluding carboxylic acids is 1. The number of H-pyrrole nitrogens is 1. The Morgan fingerprint density at radius 1 is 0.875 bits per heavy atom. The van der Waals surface area contributed by atoms with Crippen LogP contribution in [0.25, 0.3) is 11.3 Å². The average Bonchev–Trinajstić information content (AvgIpc) is 3.33. The molecule has 0 atom stereocenters. The number of hydrogen-bond acceptors (Lipinski definition) is 8. The van der Waals surface area contributed by atoms with Gasteiger partial charge in [-0.2, -0.15) is 10.2 Å². The third-order valence-corrected chi connectivity index (χ3v) is 4.62. The highest BCUT2D eigenvalue weighted by Crippen LogP contribution is 2.33. The molecule has 1 amide bonds. The molecule has 32 heavy (non-hydrogen) atoms. The molecule has 0 saturated carbocycles. The molecule has 3 aromatic rings. The van der Waals surface area contributed by atoms with E-state index in [9.17, 15) is 4.79 Å². The number of hydrogen-bond donors (Lipinski definition) is 2. The van der Waals surface area contributed by atoms with Crippen molar-refractivity contribution < 1.29 is 28.5 Å². The van der Waals surface area contributed by atoms with Gasteiger partial charge in [0, 0.05) is 17.7 Å². The molecule has 0 saturated heterocycles. The van der Waals surface area contributed by atoms with Crippen molar-refractivity contribution in [2.45, 2.75) is 0 Å². The maximum atomic E-state index is 12.5. The van der Waals surface area contributed by atoms with Crippen molar-refractivity contribution >= 4 is 12.1 Å². The number of carbonyl (C=O) groups is 1. The average molecular weight is 440 g/mol. The van der Waals surface area contributed by atoms with E-state index < -0.39 is 5.91 Å². The molecule has 0 unspecified atom stereocenters. The first-order chi connectivity index (χ1) is 15.5. The first kappa shape index (κ1) is 22.5. The van der Waals surface area contributed by atoms with Gasteiger partial charge in [0.1, 0.15) is 34.4 Å². The first-order valence-electron chi connectivity index (χ1n) is 9.45. The van der Waals surface area contributed by atoms with Gasteiger partial charge in [0.2, 0.25) is 0 Å². The third kappa shape index (κ3) is 4.75. The van der Waals surface area contributed by atoms with E-state index in [0.29, 0.717) is 45.6 Å². The van der Waals surface area contributed by atoms with E-state index in [4.69, 9.17) is 23.7 Å². The Bertz CT molecular complexity index is 1100. The van der Waals surface area contributed by atoms with Crippen molar-refractivity contribution in [2.75, 3.05) is 35.5 Å². The predicted octanol–water partition coefficient (Wildman–Crippen LogP) is 2.88. The number of aromatic nitrogens is 2. The summed E-state index contributed by atoms with van der Waals surface area (Å²) in [6.45, 7) is 0. The molecule has 0 radical (unpaired) electrons. The van der Waals surface area contributed by atoms with Gasteiger partial charge in [0.15, 0.2) is 0 Å². The van der Waals surface area contributed by atoms with Crippen molar-refractivity contribution in [3.8, 4) is 40.0 Å². The zero-order valence-corrected chi connectivity index (χ0v) is 18.4. The van der Waals surface area contributed by atoms with Gasteiger partial charge in [-0.15, -0.1) is 0 Å². The van der Waals surface area contributed by atoms with Gasteiger partial charge in [-0.05, 0) is 24.3 Å². The van der Waals surface area contributed by atoms with Crippen molar-refractivity contribution in [2.24, 2.45) is 5.10 Å². The van der Waals surface area contributed by atoms with Gasteiger partial charge in [-0.3, -0.25) is 9.89 Å². The smallest absolute Gasteiger partial charge is 0.289 e. The molecule has 0 aliphatic heterocycles. The molecule has 0 aliphatic carbocycles. The van der Waals surface area contributed by atoms with Crippen LogP contribution in [0, 0.1) is 0 Å². The molecule has 2 aromatic carbocycles. The lowest BCUT2D eigenvalue weighted by Crippen LogP contribution is -2.18. The van der Waals surface area contributed by atoms with E-state index in [1.54, 1.807) is 57.7 Å². The summed E-state index contributed by atoms with van der Waals surface area (Å²) in [4.78, 5) is 12.5. The van der Waals surface area contributed by atoms with Crippen LogP contribution >= 0.6 is 0 Å². The lowest BCUT2D eigenvalue weighted by Gasteiger charge is -2.12. The molecule has 168 valence electrons. The Balaban J connectivity index is 1.79. The molecule has 0 bridgehead atoms. The van der Waals surface area contributed by atoms with Gasteiger partial charge < -0.3 is 23.7 Å². The molecule has 0 aliphatic rings. The van der Waals surface area contributed by atoms with E-state index in [1.807, 2.05) is 0 Å². The zero-order valence-electron chi connectivity index (χ0n) is 18.4. The molecule has 10 heteroatoms. The fourth-order valence-corrected chi connectivity index (χ4v) is 2.97. The Labute approximate surface area is 185 Å². The molecule has 1 heterocycles. The number of amides is 1. The maximum absolute atomic E-state index is 12.5. The second-order valence-corrected chi connectivity index (χ2v) is 6.38. The fourth-order valence-electron chi connectivity index (χ4n) is 2.97. The number of rotatable bonds is 9. The van der Waals surface area contributed by atoms with Crippen LogP contribution in [0.3, 0.4) is 0 Å². The monoisotopic (exact) mass is 440 g/mol. The van der Waals surface area contributed by atoms with Gasteiger partial charge in [-0.25, -0.2) is 5.43 Å². The van der Waals surface area contributed by atoms with Crippen LogP contribution in [0.15, 0.2) is 41.5 Å². The number of methoxy groups -OCH3 is 5. The van der Waals surface area contributed by atoms with Crippen molar-refractivity contribution in [3.63, 3.8) is 0 Å². The molecular formula is C22H24N4O6. The topological polar surface area (TPSA) is 116 Å². The minimum Gasteiger partial charge on any atom is -0.497 e. The second-order valence-electron chi connectivity index (χ2n) is 6.38. The summed E-state index contributed by atoms with van der Waals surface area (Å²) >= 11 is 0. The van der Waals surface area contributed by atoms with E-state index in [1.165, 1.54) is 20.4 Å². The first-order valence-corrected chi connectivity index (χ1v) is 9.45. The molecule has 0 fully saturated rings. The minimum atomic E-state index is -0.478. The quantitative estimate of drug-likeness (QED) is 0.388. The summed E-state index contributed by atoms with van der Waals surface area (Å²) in [5.74, 6) is 2.29. The molecule has 2 N–H and O–H groups in total. The second kappa shape index (κ2) is 10.2. The normalized spacial score (nSPS) is 10.7. The SMILES string of the molecule is COc1cc(OC)c(C=NNC(=O)c2cc(-c3cc(OC)ccc3OC)n[nH]2)c(OC)c1. The van der Waals surface area contributed by atoms with Crippen LogP contribution in [0.1, 0.15) is 16.1 Å². The summed E-state index contributed by atoms with van der Waals surface area (Å²) in [6.07, 6.45) is 1.43. The molecule has 10 nitrogen and oxygen atoms in total. The van der Waals surface area contributed by atoms with Crippen molar-refractivity contribution in [1.29, 1.82) is 0 Å². The number of hydrazone groups is 1. The van der Waals surface area contributed by atoms with E-state index in [-0.39, 0.29) is 5.69 Å². The molecular weight excluding hydrogens is 416 g/mol. The summed E-state index contributed by atoms with van der Waals surface area (Å²) in [5, 5.41) is 10.9. The van der Waals surface area contributed by atoms with E-state index in [0.717, 1.165) is 0 Å². The lowest BCUT2D eigenvalue weighted by atomic mass is 10.1. The fraction of sp³-hybridized carbons (Fsp3) is 0.227. The molecule has 0 spiro atoms. The zero-order chi connectivity index (χ0) is 23.1. The van der Waals surface area contributed by atoms with Crippen molar-refractivity contribution in [3.05, 3.63) is 47.7 Å². The number of benzene rings is 2. The maximum Gasteiger partial charge on any atom is 0.289 e. The largest absolute Gasteiger partial charge is 0.497 e. The Kier molecular flexibility index (Phi) is 7.17. The number of nitrogens with zero attached hydrogens (tertiary/aromatic N) is 2. The Morgan fingerprint density at radius 2 is 1.53 bits per heavy atom. The van der Waals surface area contributed by atoms with Gasteiger partial charge in [-0.1, -0.05) is 0 Å². The van der Waals surface area contributed by atoms with Crippen LogP contribution in [-0.4, -0.2) is 57.9 Å². The van der Waals surface area contributed by atoms with Crippen LogP contribution in [-0.2, 0) is 0 Å². The predicted molar refractivity (Wildman–Crippen MR) is 118 cm³/mol. The highest BCUT2D eigenvalue weighted by atomic mass is 16.5. The highest BCUT2D eigenvalue weighted by molar-refractivity contribution is 5.95. The minimum absolute atomic E-state index is 0.218. The van der Waals surface area contributed by atoms with E-state index in [2.05, 4.69) is 20.7 Å². The Morgan fingerprint density at radius 3 is 2.12 bits per heavy atom. The number of ether oxygens (including phenoxy) is 5. The summed E-state index contributed by atoms with van der Waals surface area (Å²) < 4.78 is 26.6. The van der Waals surface area contributed by atoms with Crippen LogP contribution in [0.4, 0.5) is 0 Å². The lowest BCUT2D eigenvalue weighted by molar-refractivity contribution is 0.0950. The molecule has 1 aromatic heterocycles. The number of aromatic amines is 1. The summed E-state index contributed by atoms with van der Waals surface area (Å²) in [6, 6.07) is 10.3. The summed E-state index contributed by atoms with van der Waals surface area (Å²) in [5.41, 5.74) is 4.42. The van der Waals surface area contributed by atoms with Gasteiger partial charge in [0.05, 0.1) is 53.0 Å². The highest BCUT2D eigenvalue weighted by Gasteiger charge is 2.15.